The van der Waals surface area contributed by atoms with E-state index in [9.17, 15) is 26.3 Å². The number of imidazole rings is 1. The summed E-state index contributed by atoms with van der Waals surface area (Å²) < 4.78 is 75.6. The maximum Gasteiger partial charge on any atom is 0.449 e. The van der Waals surface area contributed by atoms with Gasteiger partial charge in [0.2, 0.25) is 5.82 Å². The van der Waals surface area contributed by atoms with Crippen molar-refractivity contribution in [3.05, 3.63) is 42.0 Å². The summed E-state index contributed by atoms with van der Waals surface area (Å²) in [5.74, 6) is -1.61. The Morgan fingerprint density at radius 2 is 1.65 bits per heavy atom. The molecule has 0 fully saturated rings. The molecule has 108 valence electrons. The first kappa shape index (κ1) is 14.3. The molecule has 0 saturated carbocycles. The van der Waals surface area contributed by atoms with Crippen LogP contribution in [0.1, 0.15) is 17.3 Å². The second-order valence-electron chi connectivity index (χ2n) is 3.73. The van der Waals surface area contributed by atoms with E-state index in [0.29, 0.717) is 10.6 Å². The Balaban J connectivity index is 2.30. The minimum atomic E-state index is -4.70. The number of rotatable bonds is 2. The highest BCUT2D eigenvalue weighted by Gasteiger charge is 2.36. The van der Waals surface area contributed by atoms with Crippen LogP contribution < -0.4 is 0 Å². The number of aromatic nitrogens is 4. The van der Waals surface area contributed by atoms with Gasteiger partial charge in [0.1, 0.15) is 11.5 Å². The van der Waals surface area contributed by atoms with Crippen molar-refractivity contribution < 1.29 is 26.3 Å². The third-order valence-electron chi connectivity index (χ3n) is 2.28. The molecule has 0 N–H and O–H groups in total. The van der Waals surface area contributed by atoms with E-state index in [1.807, 2.05) is 0 Å². The summed E-state index contributed by atoms with van der Waals surface area (Å²) in [4.78, 5) is 9.83. The zero-order valence-corrected chi connectivity index (χ0v) is 9.57. The summed E-state index contributed by atoms with van der Waals surface area (Å²) in [5.41, 5.74) is -1.21. The van der Waals surface area contributed by atoms with Crippen molar-refractivity contribution in [3.8, 4) is 0 Å². The zero-order chi connectivity index (χ0) is 15.0. The first-order valence-electron chi connectivity index (χ1n) is 5.15. The third-order valence-corrected chi connectivity index (χ3v) is 2.28. The number of alkyl halides is 6. The summed E-state index contributed by atoms with van der Waals surface area (Å²) in [5, 5.41) is 0. The van der Waals surface area contributed by atoms with Crippen LogP contribution in [0.15, 0.2) is 24.7 Å². The van der Waals surface area contributed by atoms with Crippen LogP contribution in [0.25, 0.3) is 0 Å². The van der Waals surface area contributed by atoms with Crippen molar-refractivity contribution in [3.63, 3.8) is 0 Å². The molecule has 0 amide bonds. The maximum atomic E-state index is 12.5. The van der Waals surface area contributed by atoms with Gasteiger partial charge < -0.3 is 4.57 Å². The Morgan fingerprint density at radius 3 is 2.25 bits per heavy atom. The summed E-state index contributed by atoms with van der Waals surface area (Å²) in [7, 11) is 0. The van der Waals surface area contributed by atoms with Gasteiger partial charge >= 0.3 is 12.4 Å². The molecule has 2 heterocycles. The van der Waals surface area contributed by atoms with E-state index in [1.165, 1.54) is 0 Å². The molecule has 0 spiro atoms. The topological polar surface area (TPSA) is 43.6 Å². The fourth-order valence-corrected chi connectivity index (χ4v) is 1.48. The average Bonchev–Trinajstić information content (AvgIpc) is 2.76. The SMILES string of the molecule is FC(F)(F)c1ccnc(Cn2ccnc2C(F)(F)F)n1. The quantitative estimate of drug-likeness (QED) is 0.800. The molecule has 4 nitrogen and oxygen atoms in total. The number of nitrogens with zero attached hydrogens (tertiary/aromatic N) is 4. The van der Waals surface area contributed by atoms with Crippen LogP contribution in [0.5, 0.6) is 0 Å². The van der Waals surface area contributed by atoms with Gasteiger partial charge in [0.15, 0.2) is 0 Å². The molecule has 0 saturated heterocycles. The molecule has 0 bridgehead atoms. The Kier molecular flexibility index (Phi) is 3.40. The molecule has 20 heavy (non-hydrogen) atoms. The maximum absolute atomic E-state index is 12.5. The highest BCUT2D eigenvalue weighted by Crippen LogP contribution is 2.29. The monoisotopic (exact) mass is 296 g/mol. The molecule has 0 atom stereocenters. The van der Waals surface area contributed by atoms with E-state index in [1.54, 1.807) is 0 Å². The molecule has 2 aromatic rings. The molecular weight excluding hydrogens is 290 g/mol. The van der Waals surface area contributed by atoms with Crippen LogP contribution in [0.3, 0.4) is 0 Å². The van der Waals surface area contributed by atoms with Crippen LogP contribution in [0.4, 0.5) is 26.3 Å². The Bertz CT molecular complexity index is 600. The summed E-state index contributed by atoms with van der Waals surface area (Å²) in [6.07, 6.45) is -6.65. The van der Waals surface area contributed by atoms with Gasteiger partial charge in [-0.25, -0.2) is 15.0 Å². The Hall–Kier alpha value is -2.13. The van der Waals surface area contributed by atoms with Gasteiger partial charge in [-0.15, -0.1) is 0 Å². The predicted molar refractivity (Wildman–Crippen MR) is 53.4 cm³/mol. The molecular formula is C10H6F6N4. The number of hydrogen-bond acceptors (Lipinski definition) is 3. The standard InChI is InChI=1S/C10H6F6N4/c11-9(12,13)6-1-2-17-7(19-6)5-20-4-3-18-8(20)10(14,15)16/h1-4H,5H2. The largest absolute Gasteiger partial charge is 0.449 e. The van der Waals surface area contributed by atoms with Crippen molar-refractivity contribution in [2.45, 2.75) is 18.9 Å². The molecule has 2 rings (SSSR count). The molecule has 0 aromatic carbocycles. The van der Waals surface area contributed by atoms with Gasteiger partial charge in [-0.3, -0.25) is 0 Å². The van der Waals surface area contributed by atoms with Gasteiger partial charge in [-0.1, -0.05) is 0 Å². The molecule has 10 heteroatoms. The van der Waals surface area contributed by atoms with Crippen LogP contribution >= 0.6 is 0 Å². The van der Waals surface area contributed by atoms with Crippen LogP contribution in [-0.2, 0) is 18.9 Å². The summed E-state index contributed by atoms with van der Waals surface area (Å²) in [6, 6.07) is 0.641. The molecule has 2 aromatic heterocycles. The van der Waals surface area contributed by atoms with E-state index >= 15 is 0 Å². The predicted octanol–water partition coefficient (Wildman–Crippen LogP) is 2.76. The normalized spacial score (nSPS) is 12.7. The lowest BCUT2D eigenvalue weighted by Crippen LogP contribution is -2.17. The van der Waals surface area contributed by atoms with E-state index in [0.717, 1.165) is 18.6 Å². The first-order chi connectivity index (χ1) is 9.18. The van der Waals surface area contributed by atoms with Crippen molar-refractivity contribution in [2.75, 3.05) is 0 Å². The highest BCUT2D eigenvalue weighted by molar-refractivity contribution is 5.07. The molecule has 0 aliphatic heterocycles. The molecule has 0 unspecified atom stereocenters. The fraction of sp³-hybridized carbons (Fsp3) is 0.300. The molecule has 0 aliphatic rings. The fourth-order valence-electron chi connectivity index (χ4n) is 1.48. The second-order valence-corrected chi connectivity index (χ2v) is 3.73. The van der Waals surface area contributed by atoms with Gasteiger partial charge in [0.05, 0.1) is 6.54 Å². The highest BCUT2D eigenvalue weighted by atomic mass is 19.4. The number of hydrogen-bond donors (Lipinski definition) is 0. The van der Waals surface area contributed by atoms with E-state index in [2.05, 4.69) is 15.0 Å². The smallest absolute Gasteiger partial charge is 0.320 e. The second kappa shape index (κ2) is 4.76. The summed E-state index contributed by atoms with van der Waals surface area (Å²) in [6.45, 7) is -0.557. The Morgan fingerprint density at radius 1 is 0.950 bits per heavy atom. The lowest BCUT2D eigenvalue weighted by molar-refractivity contribution is -0.147. The minimum Gasteiger partial charge on any atom is -0.320 e. The zero-order valence-electron chi connectivity index (χ0n) is 9.57. The van der Waals surface area contributed by atoms with Crippen molar-refractivity contribution in [1.82, 2.24) is 19.5 Å². The third kappa shape index (κ3) is 3.06. The molecule has 0 aliphatic carbocycles. The van der Waals surface area contributed by atoms with E-state index in [-0.39, 0.29) is 5.82 Å². The van der Waals surface area contributed by atoms with Gasteiger partial charge in [-0.05, 0) is 6.07 Å². The van der Waals surface area contributed by atoms with Crippen LogP contribution in [-0.4, -0.2) is 19.5 Å². The van der Waals surface area contributed by atoms with Crippen LogP contribution in [0.2, 0.25) is 0 Å². The van der Waals surface area contributed by atoms with E-state index < -0.39 is 30.4 Å². The average molecular weight is 296 g/mol. The molecule has 0 radical (unpaired) electrons. The minimum absolute atomic E-state index is 0.386. The van der Waals surface area contributed by atoms with Crippen molar-refractivity contribution >= 4 is 0 Å². The van der Waals surface area contributed by atoms with Crippen molar-refractivity contribution in [2.24, 2.45) is 0 Å². The van der Waals surface area contributed by atoms with Crippen molar-refractivity contribution in [1.29, 1.82) is 0 Å². The van der Waals surface area contributed by atoms with Crippen LogP contribution in [0, 0.1) is 0 Å². The lowest BCUT2D eigenvalue weighted by atomic mass is 10.4. The Labute approximate surface area is 108 Å². The van der Waals surface area contributed by atoms with Gasteiger partial charge in [-0.2, -0.15) is 26.3 Å². The van der Waals surface area contributed by atoms with E-state index in [4.69, 9.17) is 0 Å². The first-order valence-corrected chi connectivity index (χ1v) is 5.15. The van der Waals surface area contributed by atoms with Gasteiger partial charge in [0, 0.05) is 18.6 Å². The summed E-state index contributed by atoms with van der Waals surface area (Å²) >= 11 is 0. The lowest BCUT2D eigenvalue weighted by Gasteiger charge is -2.10. The number of halogens is 6. The van der Waals surface area contributed by atoms with Gasteiger partial charge in [0.25, 0.3) is 0 Å².